The molecule has 2 fully saturated rings. The molecule has 2 aliphatic rings. The lowest BCUT2D eigenvalue weighted by atomic mass is 10.1. The maximum atomic E-state index is 13.0. The fourth-order valence-corrected chi connectivity index (χ4v) is 5.70. The van der Waals surface area contributed by atoms with Gasteiger partial charge in [0, 0.05) is 38.3 Å². The topological polar surface area (TPSA) is 86.8 Å². The first-order valence-electron chi connectivity index (χ1n) is 10.1. The van der Waals surface area contributed by atoms with Crippen LogP contribution in [0.1, 0.15) is 15.9 Å². The number of benzene rings is 2. The van der Waals surface area contributed by atoms with Gasteiger partial charge >= 0.3 is 0 Å². The van der Waals surface area contributed by atoms with Crippen LogP contribution in [0.2, 0.25) is 0 Å². The highest BCUT2D eigenvalue weighted by molar-refractivity contribution is 7.89. The van der Waals surface area contributed by atoms with Crippen molar-refractivity contribution in [1.82, 2.24) is 14.5 Å². The van der Waals surface area contributed by atoms with E-state index in [9.17, 15) is 18.0 Å². The van der Waals surface area contributed by atoms with Crippen molar-refractivity contribution in [2.45, 2.75) is 17.5 Å². The number of hydrogen-bond donors (Lipinski definition) is 1. The van der Waals surface area contributed by atoms with Crippen LogP contribution in [0.3, 0.4) is 0 Å². The summed E-state index contributed by atoms with van der Waals surface area (Å²) in [6.07, 6.45) is 1.22. The molecule has 2 aromatic carbocycles. The highest BCUT2D eigenvalue weighted by Gasteiger charge is 2.58. The van der Waals surface area contributed by atoms with E-state index >= 15 is 0 Å². The SMILES string of the molecule is C=CC(=O)NC1C2CN(S(=O)(=O)c3ccc(C(=O)N(C)Cc4ccccc4)cc3)CC21. The Morgan fingerprint density at radius 2 is 1.71 bits per heavy atom. The fourth-order valence-electron chi connectivity index (χ4n) is 4.19. The zero-order valence-electron chi connectivity index (χ0n) is 17.3. The summed E-state index contributed by atoms with van der Waals surface area (Å²) in [5.41, 5.74) is 1.46. The van der Waals surface area contributed by atoms with Crippen LogP contribution in [0.15, 0.2) is 72.1 Å². The van der Waals surface area contributed by atoms with Crippen molar-refractivity contribution in [1.29, 1.82) is 0 Å². The van der Waals surface area contributed by atoms with Gasteiger partial charge in [-0.3, -0.25) is 9.59 Å². The lowest BCUT2D eigenvalue weighted by Gasteiger charge is -2.20. The summed E-state index contributed by atoms with van der Waals surface area (Å²) < 4.78 is 27.4. The number of carbonyl (C=O) groups excluding carboxylic acids is 2. The van der Waals surface area contributed by atoms with E-state index in [-0.39, 0.29) is 34.6 Å². The van der Waals surface area contributed by atoms with Gasteiger partial charge in [0.05, 0.1) is 4.90 Å². The van der Waals surface area contributed by atoms with Gasteiger partial charge in [-0.25, -0.2) is 8.42 Å². The Labute approximate surface area is 182 Å². The standard InChI is InChI=1S/C23H25N3O4S/c1-3-21(27)24-22-19-14-26(15-20(19)22)31(29,30)18-11-9-17(10-12-18)23(28)25(2)13-16-7-5-4-6-8-16/h3-12,19-20,22H,1,13-15H2,2H3,(H,24,27). The molecule has 7 nitrogen and oxygen atoms in total. The first-order chi connectivity index (χ1) is 14.8. The fraction of sp³-hybridized carbons (Fsp3) is 0.304. The van der Waals surface area contributed by atoms with Gasteiger partial charge in [-0.05, 0) is 47.7 Å². The Bertz CT molecular complexity index is 1090. The average Bonchev–Trinajstić information content (AvgIpc) is 3.20. The second-order valence-electron chi connectivity index (χ2n) is 8.06. The number of piperidine rings is 1. The minimum Gasteiger partial charge on any atom is -0.349 e. The molecule has 1 aliphatic carbocycles. The second kappa shape index (κ2) is 8.28. The number of sulfonamides is 1. The number of nitrogens with zero attached hydrogens (tertiary/aromatic N) is 2. The van der Waals surface area contributed by atoms with Crippen LogP contribution in [-0.2, 0) is 21.4 Å². The number of hydrogen-bond acceptors (Lipinski definition) is 4. The molecule has 0 spiro atoms. The van der Waals surface area contributed by atoms with E-state index in [1.54, 1.807) is 24.1 Å². The van der Waals surface area contributed by atoms with Crippen molar-refractivity contribution in [3.63, 3.8) is 0 Å². The quantitative estimate of drug-likeness (QED) is 0.668. The number of rotatable bonds is 7. The molecule has 31 heavy (non-hydrogen) atoms. The normalized spacial score (nSPS) is 22.4. The molecular formula is C23H25N3O4S. The van der Waals surface area contributed by atoms with Crippen LogP contribution < -0.4 is 5.32 Å². The number of amides is 2. The summed E-state index contributed by atoms with van der Waals surface area (Å²) in [4.78, 5) is 25.9. The third-order valence-corrected chi connectivity index (χ3v) is 7.85. The summed E-state index contributed by atoms with van der Waals surface area (Å²) in [6, 6.07) is 15.8. The van der Waals surface area contributed by atoms with E-state index < -0.39 is 10.0 Å². The molecule has 0 bridgehead atoms. The van der Waals surface area contributed by atoms with Crippen molar-refractivity contribution in [2.24, 2.45) is 11.8 Å². The van der Waals surface area contributed by atoms with Crippen LogP contribution in [0.25, 0.3) is 0 Å². The molecule has 1 saturated carbocycles. The maximum absolute atomic E-state index is 13.0. The van der Waals surface area contributed by atoms with Gasteiger partial charge in [0.15, 0.2) is 0 Å². The minimum atomic E-state index is -3.63. The molecule has 8 heteroatoms. The molecule has 0 radical (unpaired) electrons. The molecule has 1 heterocycles. The van der Waals surface area contributed by atoms with Crippen LogP contribution in [0.4, 0.5) is 0 Å². The van der Waals surface area contributed by atoms with Gasteiger partial charge in [0.2, 0.25) is 15.9 Å². The Morgan fingerprint density at radius 3 is 2.29 bits per heavy atom. The molecule has 2 amide bonds. The van der Waals surface area contributed by atoms with Crippen molar-refractivity contribution in [3.8, 4) is 0 Å². The number of carbonyl (C=O) groups is 2. The third kappa shape index (κ3) is 4.26. The molecule has 2 unspecified atom stereocenters. The highest BCUT2D eigenvalue weighted by Crippen LogP contribution is 2.47. The first kappa shape index (κ1) is 21.3. The molecule has 162 valence electrons. The Balaban J connectivity index is 1.38. The van der Waals surface area contributed by atoms with Crippen LogP contribution >= 0.6 is 0 Å². The average molecular weight is 440 g/mol. The largest absolute Gasteiger partial charge is 0.349 e. The predicted molar refractivity (Wildman–Crippen MR) is 117 cm³/mol. The van der Waals surface area contributed by atoms with Crippen molar-refractivity contribution in [3.05, 3.63) is 78.4 Å². The van der Waals surface area contributed by atoms with Gasteiger partial charge in [-0.1, -0.05) is 36.9 Å². The van der Waals surface area contributed by atoms with E-state index in [4.69, 9.17) is 0 Å². The van der Waals surface area contributed by atoms with E-state index in [0.717, 1.165) is 5.56 Å². The monoisotopic (exact) mass is 439 g/mol. The van der Waals surface area contributed by atoms with E-state index in [0.29, 0.717) is 25.2 Å². The lowest BCUT2D eigenvalue weighted by Crippen LogP contribution is -2.37. The van der Waals surface area contributed by atoms with Crippen molar-refractivity contribution in [2.75, 3.05) is 20.1 Å². The first-order valence-corrected chi connectivity index (χ1v) is 11.6. The Kier molecular flexibility index (Phi) is 5.68. The van der Waals surface area contributed by atoms with Crippen LogP contribution in [0, 0.1) is 11.8 Å². The molecule has 1 saturated heterocycles. The summed E-state index contributed by atoms with van der Waals surface area (Å²) in [5.74, 6) is -0.111. The van der Waals surface area contributed by atoms with Gasteiger partial charge in [-0.2, -0.15) is 4.31 Å². The van der Waals surface area contributed by atoms with Gasteiger partial charge in [-0.15, -0.1) is 0 Å². The zero-order valence-corrected chi connectivity index (χ0v) is 18.1. The minimum absolute atomic E-state index is 0.0251. The molecule has 2 atom stereocenters. The lowest BCUT2D eigenvalue weighted by molar-refractivity contribution is -0.116. The summed E-state index contributed by atoms with van der Waals surface area (Å²) in [7, 11) is -1.91. The van der Waals surface area contributed by atoms with Gasteiger partial charge in [0.1, 0.15) is 0 Å². The smallest absolute Gasteiger partial charge is 0.253 e. The molecule has 1 aliphatic heterocycles. The maximum Gasteiger partial charge on any atom is 0.253 e. The van der Waals surface area contributed by atoms with Crippen LogP contribution in [0.5, 0.6) is 0 Å². The summed E-state index contributed by atoms with van der Waals surface area (Å²) in [6.45, 7) is 4.68. The second-order valence-corrected chi connectivity index (χ2v) is 10.00. The number of fused-ring (bicyclic) bond motifs is 1. The summed E-state index contributed by atoms with van der Waals surface area (Å²) >= 11 is 0. The van der Waals surface area contributed by atoms with Gasteiger partial charge in [0.25, 0.3) is 5.91 Å². The van der Waals surface area contributed by atoms with E-state index in [1.165, 1.54) is 22.5 Å². The number of nitrogens with one attached hydrogen (secondary N) is 1. The molecule has 1 N–H and O–H groups in total. The Morgan fingerprint density at radius 1 is 1.10 bits per heavy atom. The van der Waals surface area contributed by atoms with Gasteiger partial charge < -0.3 is 10.2 Å². The van der Waals surface area contributed by atoms with E-state index in [1.807, 2.05) is 30.3 Å². The molecular weight excluding hydrogens is 414 g/mol. The molecule has 2 aromatic rings. The highest BCUT2D eigenvalue weighted by atomic mass is 32.2. The third-order valence-electron chi connectivity index (χ3n) is 6.00. The molecule has 4 rings (SSSR count). The van der Waals surface area contributed by atoms with Crippen molar-refractivity contribution < 1.29 is 18.0 Å². The van der Waals surface area contributed by atoms with Crippen LogP contribution in [-0.4, -0.2) is 55.6 Å². The molecule has 0 aromatic heterocycles. The Hall–Kier alpha value is -2.97. The van der Waals surface area contributed by atoms with Crippen molar-refractivity contribution >= 4 is 21.8 Å². The van der Waals surface area contributed by atoms with E-state index in [2.05, 4.69) is 11.9 Å². The summed E-state index contributed by atoms with van der Waals surface area (Å²) in [5, 5.41) is 2.84. The zero-order chi connectivity index (χ0) is 22.2. The predicted octanol–water partition coefficient (Wildman–Crippen LogP) is 1.88.